The third kappa shape index (κ3) is 1.80. The number of carbonyl (C=O) groups excluding carboxylic acids is 1. The van der Waals surface area contributed by atoms with Gasteiger partial charge in [-0.25, -0.2) is 0 Å². The molecule has 0 N–H and O–H groups in total. The molecular weight excluding hydrogens is 286 g/mol. The molecule has 0 aliphatic rings. The van der Waals surface area contributed by atoms with Crippen molar-refractivity contribution in [2.45, 2.75) is 13.8 Å². The molecule has 0 radical (unpaired) electrons. The zero-order chi connectivity index (χ0) is 9.30. The fourth-order valence-corrected chi connectivity index (χ4v) is 2.07. The second-order valence-corrected chi connectivity index (χ2v) is 4.07. The summed E-state index contributed by atoms with van der Waals surface area (Å²) < 4.78 is 0.849. The lowest BCUT2D eigenvalue weighted by Crippen LogP contribution is -1.97. The molecule has 64 valence electrons. The zero-order valence-electron chi connectivity index (χ0n) is 6.82. The number of aryl methyl sites for hydroxylation is 1. The van der Waals surface area contributed by atoms with Crippen molar-refractivity contribution in [1.29, 1.82) is 0 Å². The van der Waals surface area contributed by atoms with Gasteiger partial charge >= 0.3 is 0 Å². The lowest BCUT2D eigenvalue weighted by molar-refractivity contribution is 0.101. The lowest BCUT2D eigenvalue weighted by atomic mass is 10.1. The van der Waals surface area contributed by atoms with Crippen LogP contribution in [0.5, 0.6) is 0 Å². The molecule has 0 saturated heterocycles. The molecule has 0 aliphatic heterocycles. The van der Waals surface area contributed by atoms with Crippen molar-refractivity contribution in [2.24, 2.45) is 0 Å². The summed E-state index contributed by atoms with van der Waals surface area (Å²) in [5.74, 6) is 0.0568. The van der Waals surface area contributed by atoms with Crippen LogP contribution in [0.1, 0.15) is 22.8 Å². The van der Waals surface area contributed by atoms with E-state index < -0.39 is 0 Å². The molecular formula is C9H8ClIO. The van der Waals surface area contributed by atoms with Gasteiger partial charge in [0.1, 0.15) is 0 Å². The molecule has 1 aromatic carbocycles. The highest BCUT2D eigenvalue weighted by atomic mass is 127. The molecule has 0 bridgehead atoms. The van der Waals surface area contributed by atoms with E-state index in [0.29, 0.717) is 10.6 Å². The number of Topliss-reactive ketones (excluding diaryl/α,β-unsaturated/α-hetero) is 1. The smallest absolute Gasteiger partial charge is 0.160 e. The van der Waals surface area contributed by atoms with Gasteiger partial charge < -0.3 is 0 Å². The molecule has 12 heavy (non-hydrogen) atoms. The van der Waals surface area contributed by atoms with Gasteiger partial charge in [-0.2, -0.15) is 0 Å². The highest BCUT2D eigenvalue weighted by Crippen LogP contribution is 2.25. The Bertz CT molecular complexity index is 334. The Morgan fingerprint density at radius 3 is 2.58 bits per heavy atom. The van der Waals surface area contributed by atoms with Crippen LogP contribution in [0, 0.1) is 10.5 Å². The fourth-order valence-electron chi connectivity index (χ4n) is 0.918. The number of hydrogen-bond acceptors (Lipinski definition) is 1. The van der Waals surface area contributed by atoms with E-state index in [1.807, 2.05) is 19.1 Å². The predicted octanol–water partition coefficient (Wildman–Crippen LogP) is 3.46. The summed E-state index contributed by atoms with van der Waals surface area (Å²) in [6.07, 6.45) is 0. The SMILES string of the molecule is CC(=O)c1ccc(C)c(Cl)c1I. The second kappa shape index (κ2) is 3.75. The van der Waals surface area contributed by atoms with Gasteiger partial charge in [0, 0.05) is 9.13 Å². The molecule has 1 nitrogen and oxygen atoms in total. The molecule has 0 saturated carbocycles. The van der Waals surface area contributed by atoms with Crippen LogP contribution < -0.4 is 0 Å². The van der Waals surface area contributed by atoms with Crippen LogP contribution in [0.3, 0.4) is 0 Å². The minimum atomic E-state index is 0.0568. The first-order valence-corrected chi connectivity index (χ1v) is 4.95. The van der Waals surface area contributed by atoms with Crippen LogP contribution in [-0.2, 0) is 0 Å². The first-order valence-electron chi connectivity index (χ1n) is 3.49. The van der Waals surface area contributed by atoms with Crippen molar-refractivity contribution in [2.75, 3.05) is 0 Å². The number of hydrogen-bond donors (Lipinski definition) is 0. The minimum Gasteiger partial charge on any atom is -0.294 e. The van der Waals surface area contributed by atoms with E-state index in [1.165, 1.54) is 0 Å². The van der Waals surface area contributed by atoms with Gasteiger partial charge in [-0.15, -0.1) is 0 Å². The maximum atomic E-state index is 11.1. The Morgan fingerprint density at radius 2 is 2.08 bits per heavy atom. The van der Waals surface area contributed by atoms with E-state index in [4.69, 9.17) is 11.6 Å². The van der Waals surface area contributed by atoms with Crippen molar-refractivity contribution in [1.82, 2.24) is 0 Å². The number of carbonyl (C=O) groups is 1. The van der Waals surface area contributed by atoms with Gasteiger partial charge in [0.15, 0.2) is 5.78 Å². The van der Waals surface area contributed by atoms with Crippen molar-refractivity contribution in [3.63, 3.8) is 0 Å². The molecule has 0 aromatic heterocycles. The van der Waals surface area contributed by atoms with Gasteiger partial charge in [0.2, 0.25) is 0 Å². The lowest BCUT2D eigenvalue weighted by Gasteiger charge is -2.04. The molecule has 1 rings (SSSR count). The Labute approximate surface area is 90.3 Å². The monoisotopic (exact) mass is 294 g/mol. The molecule has 3 heteroatoms. The molecule has 0 aliphatic carbocycles. The normalized spacial score (nSPS) is 10.0. The number of benzene rings is 1. The van der Waals surface area contributed by atoms with Gasteiger partial charge in [0.05, 0.1) is 5.02 Å². The molecule has 0 heterocycles. The highest BCUT2D eigenvalue weighted by Gasteiger charge is 2.09. The second-order valence-electron chi connectivity index (χ2n) is 2.61. The van der Waals surface area contributed by atoms with Gasteiger partial charge in [-0.3, -0.25) is 4.79 Å². The average Bonchev–Trinajstić information content (AvgIpc) is 2.00. The van der Waals surface area contributed by atoms with Crippen LogP contribution in [0.25, 0.3) is 0 Å². The first-order chi connectivity index (χ1) is 5.54. The van der Waals surface area contributed by atoms with Crippen molar-refractivity contribution < 1.29 is 4.79 Å². The molecule has 1 aromatic rings. The topological polar surface area (TPSA) is 17.1 Å². The summed E-state index contributed by atoms with van der Waals surface area (Å²) in [5, 5.41) is 0.684. The van der Waals surface area contributed by atoms with Crippen LogP contribution in [-0.4, -0.2) is 5.78 Å². The summed E-state index contributed by atoms with van der Waals surface area (Å²) >= 11 is 8.06. The third-order valence-corrected chi connectivity index (χ3v) is 3.58. The van der Waals surface area contributed by atoms with E-state index >= 15 is 0 Å². The van der Waals surface area contributed by atoms with E-state index in [9.17, 15) is 4.79 Å². The summed E-state index contributed by atoms with van der Waals surface area (Å²) in [6, 6.07) is 3.67. The summed E-state index contributed by atoms with van der Waals surface area (Å²) in [5.41, 5.74) is 1.71. The zero-order valence-corrected chi connectivity index (χ0v) is 9.73. The maximum absolute atomic E-state index is 11.1. The Morgan fingerprint density at radius 1 is 1.50 bits per heavy atom. The maximum Gasteiger partial charge on any atom is 0.160 e. The molecule has 0 spiro atoms. The number of ketones is 1. The number of halogens is 2. The highest BCUT2D eigenvalue weighted by molar-refractivity contribution is 14.1. The molecule has 0 unspecified atom stereocenters. The number of rotatable bonds is 1. The van der Waals surface area contributed by atoms with E-state index in [1.54, 1.807) is 6.92 Å². The van der Waals surface area contributed by atoms with Crippen molar-refractivity contribution in [3.8, 4) is 0 Å². The van der Waals surface area contributed by atoms with E-state index in [-0.39, 0.29) is 5.78 Å². The van der Waals surface area contributed by atoms with Crippen LogP contribution in [0.2, 0.25) is 5.02 Å². The van der Waals surface area contributed by atoms with Gasteiger partial charge in [0.25, 0.3) is 0 Å². The molecule has 0 amide bonds. The van der Waals surface area contributed by atoms with Gasteiger partial charge in [-0.1, -0.05) is 17.7 Å². The average molecular weight is 295 g/mol. The van der Waals surface area contributed by atoms with Crippen LogP contribution in [0.15, 0.2) is 12.1 Å². The fraction of sp³-hybridized carbons (Fsp3) is 0.222. The summed E-state index contributed by atoms with van der Waals surface area (Å²) in [7, 11) is 0. The van der Waals surface area contributed by atoms with Crippen LogP contribution >= 0.6 is 34.2 Å². The van der Waals surface area contributed by atoms with E-state index in [0.717, 1.165) is 9.13 Å². The first kappa shape index (κ1) is 9.99. The molecule has 0 atom stereocenters. The predicted molar refractivity (Wildman–Crippen MR) is 58.9 cm³/mol. The summed E-state index contributed by atoms with van der Waals surface area (Å²) in [4.78, 5) is 11.1. The Kier molecular flexibility index (Phi) is 3.12. The van der Waals surface area contributed by atoms with Gasteiger partial charge in [-0.05, 0) is 48.1 Å². The van der Waals surface area contributed by atoms with E-state index in [2.05, 4.69) is 22.6 Å². The Balaban J connectivity index is 3.36. The van der Waals surface area contributed by atoms with Crippen LogP contribution in [0.4, 0.5) is 0 Å². The molecule has 0 fully saturated rings. The van der Waals surface area contributed by atoms with Crippen molar-refractivity contribution in [3.05, 3.63) is 31.9 Å². The quantitative estimate of drug-likeness (QED) is 0.573. The largest absolute Gasteiger partial charge is 0.294 e. The Hall–Kier alpha value is -0.0900. The van der Waals surface area contributed by atoms with Crippen molar-refractivity contribution >= 4 is 40.0 Å². The third-order valence-electron chi connectivity index (χ3n) is 1.65. The minimum absolute atomic E-state index is 0.0568. The standard InChI is InChI=1S/C9H8ClIO/c1-5-3-4-7(6(2)12)9(11)8(5)10/h3-4H,1-2H3. The summed E-state index contributed by atoms with van der Waals surface area (Å²) in [6.45, 7) is 3.47.